The van der Waals surface area contributed by atoms with Crippen LogP contribution in [0, 0.1) is 0 Å². The van der Waals surface area contributed by atoms with Crippen LogP contribution in [0.2, 0.25) is 0 Å². The second-order valence-electron chi connectivity index (χ2n) is 4.06. The van der Waals surface area contributed by atoms with Crippen molar-refractivity contribution in [1.82, 2.24) is 0 Å². The fraction of sp³-hybridized carbons (Fsp3) is 0.455. The molecular formula is C11H13ClF3NO3S2. The molecule has 0 aliphatic heterocycles. The molecule has 0 heterocycles. The third-order valence-electron chi connectivity index (χ3n) is 2.72. The highest BCUT2D eigenvalue weighted by Gasteiger charge is 2.35. The molecule has 1 aromatic rings. The van der Waals surface area contributed by atoms with Crippen LogP contribution >= 0.6 is 10.7 Å². The Balaban J connectivity index is 3.67. The third-order valence-corrected chi connectivity index (χ3v) is 6.41. The molecule has 120 valence electrons. The van der Waals surface area contributed by atoms with Gasteiger partial charge in [-0.15, -0.1) is 0 Å². The Morgan fingerprint density at radius 1 is 1.14 bits per heavy atom. The van der Waals surface area contributed by atoms with E-state index in [4.69, 9.17) is 10.7 Å². The first-order chi connectivity index (χ1) is 9.43. The highest BCUT2D eigenvalue weighted by atomic mass is 35.7. The molecule has 4 nitrogen and oxygen atoms in total. The molecule has 21 heavy (non-hydrogen) atoms. The number of alkyl halides is 3. The summed E-state index contributed by atoms with van der Waals surface area (Å²) < 4.78 is 77.2. The van der Waals surface area contributed by atoms with Crippen molar-refractivity contribution in [3.05, 3.63) is 23.8 Å². The Bertz CT molecular complexity index is 740. The van der Waals surface area contributed by atoms with E-state index in [0.29, 0.717) is 6.07 Å². The molecule has 0 aromatic heterocycles. The van der Waals surface area contributed by atoms with E-state index < -0.39 is 41.1 Å². The number of hydrogen-bond acceptors (Lipinski definition) is 4. The fourth-order valence-corrected chi connectivity index (χ4v) is 3.45. The molecule has 0 unspecified atom stereocenters. The first-order valence-corrected chi connectivity index (χ1v) is 9.97. The molecule has 0 saturated carbocycles. The molecule has 10 heteroatoms. The number of benzene rings is 1. The van der Waals surface area contributed by atoms with E-state index in [-0.39, 0.29) is 11.5 Å². The van der Waals surface area contributed by atoms with Crippen LogP contribution in [-0.2, 0) is 25.0 Å². The van der Waals surface area contributed by atoms with E-state index >= 15 is 0 Å². The van der Waals surface area contributed by atoms with E-state index in [2.05, 4.69) is 4.36 Å². The third kappa shape index (κ3) is 4.58. The first-order valence-electron chi connectivity index (χ1n) is 5.81. The van der Waals surface area contributed by atoms with Crippen molar-refractivity contribution >= 4 is 35.1 Å². The maximum absolute atomic E-state index is 13.0. The van der Waals surface area contributed by atoms with E-state index in [9.17, 15) is 25.8 Å². The normalized spacial score (nSPS) is 13.2. The summed E-state index contributed by atoms with van der Waals surface area (Å²) in [6.07, 6.45) is -4.84. The van der Waals surface area contributed by atoms with E-state index in [0.717, 1.165) is 12.1 Å². The summed E-state index contributed by atoms with van der Waals surface area (Å²) in [6.45, 7) is 3.11. The molecule has 0 spiro atoms. The molecule has 1 aromatic carbocycles. The SMILES string of the molecule is CCS(=O)(CC)=Nc1ccc(S(=O)(=O)Cl)cc1C(F)(F)F. The monoisotopic (exact) mass is 363 g/mol. The van der Waals surface area contributed by atoms with Gasteiger partial charge in [0, 0.05) is 22.2 Å². The minimum absolute atomic E-state index is 0.0936. The largest absolute Gasteiger partial charge is 0.418 e. The first kappa shape index (κ1) is 18.2. The zero-order valence-corrected chi connectivity index (χ0v) is 13.5. The fourth-order valence-electron chi connectivity index (χ4n) is 1.49. The Labute approximate surface area is 125 Å². The van der Waals surface area contributed by atoms with Crippen LogP contribution in [0.1, 0.15) is 19.4 Å². The molecule has 0 aliphatic rings. The summed E-state index contributed by atoms with van der Waals surface area (Å²) in [4.78, 5) is -0.685. The average Bonchev–Trinajstić information content (AvgIpc) is 2.36. The maximum atomic E-state index is 13.0. The van der Waals surface area contributed by atoms with Gasteiger partial charge in [-0.3, -0.25) is 0 Å². The molecule has 0 bridgehead atoms. The highest BCUT2D eigenvalue weighted by molar-refractivity contribution is 8.13. The lowest BCUT2D eigenvalue weighted by Crippen LogP contribution is -2.09. The second-order valence-corrected chi connectivity index (χ2v) is 9.50. The lowest BCUT2D eigenvalue weighted by Gasteiger charge is -2.12. The molecule has 0 saturated heterocycles. The Morgan fingerprint density at radius 2 is 1.67 bits per heavy atom. The van der Waals surface area contributed by atoms with Gasteiger partial charge >= 0.3 is 6.18 Å². The van der Waals surface area contributed by atoms with Crippen molar-refractivity contribution < 1.29 is 25.8 Å². The summed E-state index contributed by atoms with van der Waals surface area (Å²) in [6, 6.07) is 2.16. The molecular weight excluding hydrogens is 351 g/mol. The molecule has 0 atom stereocenters. The van der Waals surface area contributed by atoms with Gasteiger partial charge in [0.15, 0.2) is 0 Å². The summed E-state index contributed by atoms with van der Waals surface area (Å²) in [5.41, 5.74) is -1.83. The van der Waals surface area contributed by atoms with Gasteiger partial charge in [0.05, 0.1) is 25.9 Å². The van der Waals surface area contributed by atoms with E-state index in [1.54, 1.807) is 13.8 Å². The average molecular weight is 364 g/mol. The minimum Gasteiger partial charge on any atom is -0.249 e. The van der Waals surface area contributed by atoms with Crippen LogP contribution in [0.25, 0.3) is 0 Å². The van der Waals surface area contributed by atoms with Crippen LogP contribution < -0.4 is 0 Å². The standard InChI is InChI=1S/C11H13ClF3NO3S2/c1-3-20(17,4-2)16-10-6-5-8(21(12,18)19)7-9(10)11(13,14)15/h5-7H,3-4H2,1-2H3. The van der Waals surface area contributed by atoms with Crippen molar-refractivity contribution in [2.24, 2.45) is 4.36 Å². The van der Waals surface area contributed by atoms with E-state index in [1.807, 2.05) is 0 Å². The number of halogens is 4. The van der Waals surface area contributed by atoms with Gasteiger partial charge in [-0.2, -0.15) is 17.5 Å². The summed E-state index contributed by atoms with van der Waals surface area (Å²) in [5.74, 6) is 0.187. The molecule has 1 rings (SSSR count). The van der Waals surface area contributed by atoms with Crippen molar-refractivity contribution in [2.75, 3.05) is 11.5 Å². The van der Waals surface area contributed by atoms with Gasteiger partial charge in [0.25, 0.3) is 9.05 Å². The van der Waals surface area contributed by atoms with Crippen LogP contribution in [0.4, 0.5) is 18.9 Å². The zero-order valence-electron chi connectivity index (χ0n) is 11.1. The lowest BCUT2D eigenvalue weighted by molar-refractivity contribution is -0.137. The van der Waals surface area contributed by atoms with Gasteiger partial charge in [-0.1, -0.05) is 13.8 Å². The Kier molecular flexibility index (Phi) is 5.33. The van der Waals surface area contributed by atoms with Crippen molar-refractivity contribution in [2.45, 2.75) is 24.9 Å². The predicted octanol–water partition coefficient (Wildman–Crippen LogP) is 3.77. The van der Waals surface area contributed by atoms with Gasteiger partial charge in [0.2, 0.25) is 0 Å². The summed E-state index contributed by atoms with van der Waals surface area (Å²) >= 11 is 0. The zero-order chi connectivity index (χ0) is 16.5. The van der Waals surface area contributed by atoms with Gasteiger partial charge < -0.3 is 0 Å². The van der Waals surface area contributed by atoms with Crippen LogP contribution in [0.5, 0.6) is 0 Å². The maximum Gasteiger partial charge on any atom is 0.418 e. The number of rotatable bonds is 4. The number of nitrogens with zero attached hydrogens (tertiary/aromatic N) is 1. The molecule has 0 fully saturated rings. The minimum atomic E-state index is -4.84. The topological polar surface area (TPSA) is 63.6 Å². The molecule has 0 N–H and O–H groups in total. The van der Waals surface area contributed by atoms with Crippen molar-refractivity contribution in [3.8, 4) is 0 Å². The summed E-state index contributed by atoms with van der Waals surface area (Å²) in [5, 5.41) is 0. The molecule has 0 aliphatic carbocycles. The van der Waals surface area contributed by atoms with E-state index in [1.165, 1.54) is 0 Å². The van der Waals surface area contributed by atoms with Gasteiger partial charge in [-0.25, -0.2) is 12.6 Å². The molecule has 0 radical (unpaired) electrons. The summed E-state index contributed by atoms with van der Waals surface area (Å²) in [7, 11) is -2.07. The highest BCUT2D eigenvalue weighted by Crippen LogP contribution is 2.38. The van der Waals surface area contributed by atoms with Crippen LogP contribution in [0.3, 0.4) is 0 Å². The smallest absolute Gasteiger partial charge is 0.249 e. The van der Waals surface area contributed by atoms with Gasteiger partial charge in [0.1, 0.15) is 0 Å². The molecule has 0 amide bonds. The Hall–Kier alpha value is -0.800. The predicted molar refractivity (Wildman–Crippen MR) is 75.8 cm³/mol. The van der Waals surface area contributed by atoms with Crippen molar-refractivity contribution in [1.29, 1.82) is 0 Å². The lowest BCUT2D eigenvalue weighted by atomic mass is 10.2. The number of hydrogen-bond donors (Lipinski definition) is 0. The van der Waals surface area contributed by atoms with Crippen LogP contribution in [0.15, 0.2) is 27.5 Å². The quantitative estimate of drug-likeness (QED) is 0.765. The van der Waals surface area contributed by atoms with Gasteiger partial charge in [-0.05, 0) is 18.2 Å². The van der Waals surface area contributed by atoms with Crippen molar-refractivity contribution in [3.63, 3.8) is 0 Å². The van der Waals surface area contributed by atoms with Crippen LogP contribution in [-0.4, -0.2) is 24.1 Å². The second kappa shape index (κ2) is 6.13. The Morgan fingerprint density at radius 3 is 2.05 bits per heavy atom.